The lowest BCUT2D eigenvalue weighted by Gasteiger charge is -2.48. The Bertz CT molecular complexity index is 1250. The first-order valence-corrected chi connectivity index (χ1v) is 11.8. The van der Waals surface area contributed by atoms with Gasteiger partial charge in [0.25, 0.3) is 0 Å². The van der Waals surface area contributed by atoms with Gasteiger partial charge in [-0.05, 0) is 78.5 Å². The topological polar surface area (TPSA) is 82.1 Å². The van der Waals surface area contributed by atoms with Crippen LogP contribution in [0.25, 0.3) is 0 Å². The number of Topliss-reactive ketones (excluding diaryl/α,β-unsaturated/α-hetero) is 1. The maximum Gasteiger partial charge on any atom is 0.237 e. The predicted molar refractivity (Wildman–Crippen MR) is 121 cm³/mol. The molecule has 2 aromatic rings. The number of hydrogen-bond acceptors (Lipinski definition) is 6. The van der Waals surface area contributed by atoms with Gasteiger partial charge < -0.3 is 14.2 Å². The van der Waals surface area contributed by atoms with Crippen molar-refractivity contribution in [1.82, 2.24) is 0 Å². The smallest absolute Gasteiger partial charge is 0.237 e. The molecular formula is C27H23NO6. The number of carbonyl (C=O) groups is 3. The molecule has 0 N–H and O–H groups in total. The van der Waals surface area contributed by atoms with Crippen molar-refractivity contribution in [3.63, 3.8) is 0 Å². The van der Waals surface area contributed by atoms with E-state index in [0.717, 1.165) is 0 Å². The fraction of sp³-hybridized carbons (Fsp3) is 0.370. The molecule has 3 fully saturated rings. The number of nitrogens with zero attached hydrogens (tertiary/aromatic N) is 1. The molecule has 0 radical (unpaired) electrons. The van der Waals surface area contributed by atoms with Crippen LogP contribution in [0.3, 0.4) is 0 Å². The second-order valence-corrected chi connectivity index (χ2v) is 9.84. The van der Waals surface area contributed by atoms with E-state index in [0.29, 0.717) is 52.7 Å². The van der Waals surface area contributed by atoms with E-state index in [2.05, 4.69) is 12.2 Å². The monoisotopic (exact) mass is 457 g/mol. The highest BCUT2D eigenvalue weighted by Gasteiger charge is 2.63. The van der Waals surface area contributed by atoms with Crippen molar-refractivity contribution < 1.29 is 28.6 Å². The fourth-order valence-corrected chi connectivity index (χ4v) is 6.47. The summed E-state index contributed by atoms with van der Waals surface area (Å²) in [6.45, 7) is 0.0145. The zero-order valence-corrected chi connectivity index (χ0v) is 18.4. The van der Waals surface area contributed by atoms with Gasteiger partial charge in [-0.15, -0.1) is 0 Å². The molecule has 4 aliphatic carbocycles. The number of rotatable bonds is 5. The number of fused-ring (bicyclic) bond motifs is 1. The van der Waals surface area contributed by atoms with E-state index in [1.165, 1.54) is 11.3 Å². The SMILES string of the molecule is O=C(COc1ccc(N2C(=O)CC3C(C2=O)[C@H]2C=CC3[C@@H]3CC23)cc1)c1ccc2c(c1)OCO2. The summed E-state index contributed by atoms with van der Waals surface area (Å²) >= 11 is 0. The van der Waals surface area contributed by atoms with Gasteiger partial charge in [-0.1, -0.05) is 12.2 Å². The Morgan fingerprint density at radius 3 is 2.56 bits per heavy atom. The lowest BCUT2D eigenvalue weighted by atomic mass is 9.59. The quantitative estimate of drug-likeness (QED) is 0.388. The van der Waals surface area contributed by atoms with Crippen LogP contribution in [0.15, 0.2) is 54.6 Å². The lowest BCUT2D eigenvalue weighted by Crippen LogP contribution is -2.56. The highest BCUT2D eigenvalue weighted by atomic mass is 16.7. The summed E-state index contributed by atoms with van der Waals surface area (Å²) in [4.78, 5) is 40.3. The van der Waals surface area contributed by atoms with Crippen LogP contribution in [0.5, 0.6) is 17.2 Å². The van der Waals surface area contributed by atoms with Crippen molar-refractivity contribution in [3.8, 4) is 17.2 Å². The molecule has 2 aromatic carbocycles. The minimum atomic E-state index is -0.186. The Morgan fingerprint density at radius 1 is 0.941 bits per heavy atom. The predicted octanol–water partition coefficient (Wildman–Crippen LogP) is 3.62. The third kappa shape index (κ3) is 2.92. The number of hydrogen-bond donors (Lipinski definition) is 0. The summed E-state index contributed by atoms with van der Waals surface area (Å²) in [5.74, 6) is 3.29. The minimum Gasteiger partial charge on any atom is -0.485 e. The lowest BCUT2D eigenvalue weighted by molar-refractivity contribution is -0.139. The van der Waals surface area contributed by atoms with Gasteiger partial charge in [0.1, 0.15) is 5.75 Å². The average molecular weight is 457 g/mol. The van der Waals surface area contributed by atoms with E-state index < -0.39 is 0 Å². The fourth-order valence-electron chi connectivity index (χ4n) is 6.47. The summed E-state index contributed by atoms with van der Waals surface area (Å²) in [6, 6.07) is 11.9. The highest BCUT2D eigenvalue weighted by Crippen LogP contribution is 2.65. The van der Waals surface area contributed by atoms with Crippen LogP contribution in [0.4, 0.5) is 5.69 Å². The van der Waals surface area contributed by atoms with Gasteiger partial charge in [-0.3, -0.25) is 19.3 Å². The second-order valence-electron chi connectivity index (χ2n) is 9.84. The van der Waals surface area contributed by atoms with E-state index in [-0.39, 0.29) is 48.8 Å². The number of benzene rings is 2. The number of anilines is 1. The molecule has 8 rings (SSSR count). The van der Waals surface area contributed by atoms with Crippen LogP contribution in [-0.4, -0.2) is 31.0 Å². The number of piperidine rings is 1. The van der Waals surface area contributed by atoms with Crippen molar-refractivity contribution >= 4 is 23.3 Å². The molecule has 0 spiro atoms. The minimum absolute atomic E-state index is 0.0717. The normalized spacial score (nSPS) is 31.8. The Labute approximate surface area is 196 Å². The Kier molecular flexibility index (Phi) is 4.19. The molecule has 2 saturated carbocycles. The molecule has 6 atom stereocenters. The van der Waals surface area contributed by atoms with Gasteiger partial charge in [-0.2, -0.15) is 0 Å². The number of ketones is 1. The van der Waals surface area contributed by atoms with Gasteiger partial charge in [-0.25, -0.2) is 0 Å². The van der Waals surface area contributed by atoms with Crippen LogP contribution < -0.4 is 19.1 Å². The molecule has 1 saturated heterocycles. The number of ether oxygens (including phenoxy) is 3. The van der Waals surface area contributed by atoms with Crippen LogP contribution in [0.1, 0.15) is 23.2 Å². The number of allylic oxidation sites excluding steroid dienone is 2. The van der Waals surface area contributed by atoms with E-state index in [4.69, 9.17) is 14.2 Å². The van der Waals surface area contributed by atoms with Crippen LogP contribution in [-0.2, 0) is 9.59 Å². The van der Waals surface area contributed by atoms with Crippen LogP contribution >= 0.6 is 0 Å². The zero-order chi connectivity index (χ0) is 23.0. The van der Waals surface area contributed by atoms with Crippen molar-refractivity contribution in [3.05, 3.63) is 60.2 Å². The van der Waals surface area contributed by atoms with Crippen molar-refractivity contribution in [2.75, 3.05) is 18.3 Å². The average Bonchev–Trinajstić information content (AvgIpc) is 3.55. The van der Waals surface area contributed by atoms with E-state index in [9.17, 15) is 14.4 Å². The molecule has 172 valence electrons. The maximum atomic E-state index is 13.4. The third-order valence-corrected chi connectivity index (χ3v) is 8.13. The first-order chi connectivity index (χ1) is 16.6. The third-order valence-electron chi connectivity index (χ3n) is 8.13. The summed E-state index contributed by atoms with van der Waals surface area (Å²) < 4.78 is 16.3. The largest absolute Gasteiger partial charge is 0.485 e. The summed E-state index contributed by atoms with van der Waals surface area (Å²) in [6.07, 6.45) is 6.09. The standard InChI is InChI=1S/C27H23NO6/c29-22(14-1-8-23-24(9-14)34-13-33-23)12-32-16-4-2-15(3-5-16)28-25(30)11-21-17-6-7-18(20-10-19(17)20)26(21)27(28)31/h1-9,17-21,26H,10-13H2/t17?,18-,19-,20?,21?,26?/m0/s1. The van der Waals surface area contributed by atoms with E-state index in [1.54, 1.807) is 42.5 Å². The number of carbonyl (C=O) groups excluding carboxylic acids is 3. The van der Waals surface area contributed by atoms with Gasteiger partial charge in [0.05, 0.1) is 5.69 Å². The molecule has 4 unspecified atom stereocenters. The molecule has 2 heterocycles. The van der Waals surface area contributed by atoms with Gasteiger partial charge in [0.2, 0.25) is 18.6 Å². The first-order valence-electron chi connectivity index (χ1n) is 11.8. The second kappa shape index (κ2) is 7.19. The maximum absolute atomic E-state index is 13.4. The van der Waals surface area contributed by atoms with Gasteiger partial charge in [0, 0.05) is 17.9 Å². The summed E-state index contributed by atoms with van der Waals surface area (Å²) in [5.41, 5.74) is 1.04. The Morgan fingerprint density at radius 2 is 1.71 bits per heavy atom. The van der Waals surface area contributed by atoms with Crippen LogP contribution in [0, 0.1) is 35.5 Å². The Balaban J connectivity index is 1.04. The molecule has 7 nitrogen and oxygen atoms in total. The Hall–Kier alpha value is -3.61. The van der Waals surface area contributed by atoms with Crippen molar-refractivity contribution in [2.24, 2.45) is 35.5 Å². The van der Waals surface area contributed by atoms with Gasteiger partial charge in [0.15, 0.2) is 23.9 Å². The molecular weight excluding hydrogens is 434 g/mol. The molecule has 0 aromatic heterocycles. The van der Waals surface area contributed by atoms with E-state index >= 15 is 0 Å². The molecule has 2 bridgehead atoms. The van der Waals surface area contributed by atoms with Crippen molar-refractivity contribution in [1.29, 1.82) is 0 Å². The molecule has 6 aliphatic rings. The molecule has 7 heteroatoms. The summed E-state index contributed by atoms with van der Waals surface area (Å²) in [5, 5.41) is 0. The number of amides is 2. The molecule has 2 amide bonds. The summed E-state index contributed by atoms with van der Waals surface area (Å²) in [7, 11) is 0. The van der Waals surface area contributed by atoms with Gasteiger partial charge >= 0.3 is 0 Å². The highest BCUT2D eigenvalue weighted by molar-refractivity contribution is 6.17. The molecule has 2 aliphatic heterocycles. The number of imide groups is 1. The first kappa shape index (κ1) is 19.8. The van der Waals surface area contributed by atoms with E-state index in [1.807, 2.05) is 0 Å². The van der Waals surface area contributed by atoms with Crippen molar-refractivity contribution in [2.45, 2.75) is 12.8 Å². The molecule has 34 heavy (non-hydrogen) atoms. The zero-order valence-electron chi connectivity index (χ0n) is 18.4. The van der Waals surface area contributed by atoms with Crippen LogP contribution in [0.2, 0.25) is 0 Å².